The van der Waals surface area contributed by atoms with Crippen LogP contribution in [0.5, 0.6) is 0 Å². The van der Waals surface area contributed by atoms with E-state index in [-0.39, 0.29) is 18.1 Å². The van der Waals surface area contributed by atoms with Crippen molar-refractivity contribution in [3.63, 3.8) is 0 Å². The van der Waals surface area contributed by atoms with Crippen molar-refractivity contribution in [1.82, 2.24) is 4.90 Å². The Morgan fingerprint density at radius 3 is 2.53 bits per heavy atom. The Morgan fingerprint density at radius 1 is 1.41 bits per heavy atom. The number of rotatable bonds is 6. The van der Waals surface area contributed by atoms with Gasteiger partial charge in [0.15, 0.2) is 0 Å². The van der Waals surface area contributed by atoms with Gasteiger partial charge in [0.2, 0.25) is 5.91 Å². The van der Waals surface area contributed by atoms with Crippen LogP contribution in [0.25, 0.3) is 0 Å². The number of likely N-dealkylation sites (N-methyl/N-ethyl adjacent to an activating group) is 1. The lowest BCUT2D eigenvalue weighted by Gasteiger charge is -2.29. The van der Waals surface area contributed by atoms with E-state index in [2.05, 4.69) is 0 Å². The van der Waals surface area contributed by atoms with E-state index in [1.54, 1.807) is 0 Å². The van der Waals surface area contributed by atoms with Crippen LogP contribution in [0.3, 0.4) is 0 Å². The van der Waals surface area contributed by atoms with E-state index in [0.29, 0.717) is 12.6 Å². The minimum atomic E-state index is -0.210. The summed E-state index contributed by atoms with van der Waals surface area (Å²) in [7, 11) is 0. The molecule has 4 nitrogen and oxygen atoms in total. The van der Waals surface area contributed by atoms with Crippen LogP contribution in [0.2, 0.25) is 0 Å². The topological polar surface area (TPSA) is 55.6 Å². The van der Waals surface area contributed by atoms with Crippen molar-refractivity contribution in [2.45, 2.75) is 57.1 Å². The summed E-state index contributed by atoms with van der Waals surface area (Å²) in [6, 6.07) is 0.480. The van der Waals surface area contributed by atoms with Crippen LogP contribution in [0.4, 0.5) is 0 Å². The van der Waals surface area contributed by atoms with Crippen molar-refractivity contribution in [1.29, 1.82) is 0 Å². The molecule has 2 aliphatic rings. The van der Waals surface area contributed by atoms with E-state index >= 15 is 0 Å². The van der Waals surface area contributed by atoms with Crippen molar-refractivity contribution < 1.29 is 9.53 Å². The first-order valence-corrected chi connectivity index (χ1v) is 6.84. The molecule has 1 amide bonds. The Labute approximate surface area is 103 Å². The summed E-state index contributed by atoms with van der Waals surface area (Å²) >= 11 is 0. The molecule has 0 aliphatic heterocycles. The Balaban J connectivity index is 1.81. The molecule has 2 saturated carbocycles. The van der Waals surface area contributed by atoms with Gasteiger partial charge in [0.1, 0.15) is 6.61 Å². The summed E-state index contributed by atoms with van der Waals surface area (Å²) < 4.78 is 5.85. The molecular formula is C13H24N2O2. The van der Waals surface area contributed by atoms with Crippen LogP contribution in [0, 0.1) is 0 Å². The van der Waals surface area contributed by atoms with Gasteiger partial charge in [-0.2, -0.15) is 0 Å². The maximum Gasteiger partial charge on any atom is 0.248 e. The van der Waals surface area contributed by atoms with E-state index in [4.69, 9.17) is 10.5 Å². The molecule has 4 heteroatoms. The van der Waals surface area contributed by atoms with E-state index in [1.807, 2.05) is 11.8 Å². The largest absolute Gasteiger partial charge is 0.364 e. The molecule has 0 saturated heterocycles. The number of ether oxygens (including phenoxy) is 1. The first-order chi connectivity index (χ1) is 8.21. The van der Waals surface area contributed by atoms with Gasteiger partial charge in [-0.15, -0.1) is 0 Å². The number of hydrogen-bond donors (Lipinski definition) is 1. The average molecular weight is 240 g/mol. The zero-order chi connectivity index (χ0) is 12.3. The van der Waals surface area contributed by atoms with Gasteiger partial charge in [-0.1, -0.05) is 12.8 Å². The first-order valence-electron chi connectivity index (χ1n) is 6.84. The summed E-state index contributed by atoms with van der Waals surface area (Å²) in [5.74, 6) is 0.134. The third-order valence-corrected chi connectivity index (χ3v) is 4.04. The highest BCUT2D eigenvalue weighted by atomic mass is 16.5. The predicted molar refractivity (Wildman–Crippen MR) is 66.6 cm³/mol. The van der Waals surface area contributed by atoms with Crippen LogP contribution in [-0.4, -0.2) is 42.1 Å². The molecule has 17 heavy (non-hydrogen) atoms. The second kappa shape index (κ2) is 5.36. The van der Waals surface area contributed by atoms with Gasteiger partial charge in [0.05, 0.1) is 5.60 Å². The molecule has 0 unspecified atom stereocenters. The molecule has 0 bridgehead atoms. The molecule has 0 aromatic carbocycles. The lowest BCUT2D eigenvalue weighted by atomic mass is 10.0. The Morgan fingerprint density at radius 2 is 2.06 bits per heavy atom. The van der Waals surface area contributed by atoms with E-state index < -0.39 is 0 Å². The quantitative estimate of drug-likeness (QED) is 0.761. The molecule has 2 fully saturated rings. The summed E-state index contributed by atoms with van der Waals surface area (Å²) in [6.45, 7) is 3.57. The molecule has 0 radical (unpaired) electrons. The highest BCUT2D eigenvalue weighted by Gasteiger charge is 2.36. The molecule has 0 atom stereocenters. The Kier molecular flexibility index (Phi) is 4.05. The van der Waals surface area contributed by atoms with Gasteiger partial charge in [-0.25, -0.2) is 0 Å². The Bertz CT molecular complexity index is 271. The number of amides is 1. The van der Waals surface area contributed by atoms with Gasteiger partial charge in [0, 0.05) is 19.1 Å². The van der Waals surface area contributed by atoms with Crippen molar-refractivity contribution in [2.24, 2.45) is 5.73 Å². The van der Waals surface area contributed by atoms with Gasteiger partial charge in [0.25, 0.3) is 0 Å². The second-order valence-corrected chi connectivity index (χ2v) is 5.29. The lowest BCUT2D eigenvalue weighted by molar-refractivity contribution is -0.143. The number of nitrogens with zero attached hydrogens (tertiary/aromatic N) is 1. The smallest absolute Gasteiger partial charge is 0.248 e. The molecule has 2 aliphatic carbocycles. The molecule has 0 heterocycles. The highest BCUT2D eigenvalue weighted by Crippen LogP contribution is 2.32. The first kappa shape index (κ1) is 12.8. The molecule has 0 aromatic rings. The van der Waals surface area contributed by atoms with E-state index in [0.717, 1.165) is 32.2 Å². The predicted octanol–water partition coefficient (Wildman–Crippen LogP) is 1.29. The zero-order valence-electron chi connectivity index (χ0n) is 10.8. The van der Waals surface area contributed by atoms with E-state index in [9.17, 15) is 4.79 Å². The van der Waals surface area contributed by atoms with Crippen LogP contribution >= 0.6 is 0 Å². The monoisotopic (exact) mass is 240 g/mol. The maximum absolute atomic E-state index is 12.0. The zero-order valence-corrected chi connectivity index (χ0v) is 10.8. The molecule has 0 aromatic heterocycles. The van der Waals surface area contributed by atoms with Crippen molar-refractivity contribution in [3.05, 3.63) is 0 Å². The average Bonchev–Trinajstić information content (AvgIpc) is 3.06. The summed E-state index contributed by atoms with van der Waals surface area (Å²) in [6.07, 6.45) is 6.67. The maximum atomic E-state index is 12.0. The fourth-order valence-electron chi connectivity index (χ4n) is 2.75. The van der Waals surface area contributed by atoms with Crippen LogP contribution in [0.15, 0.2) is 0 Å². The van der Waals surface area contributed by atoms with Crippen LogP contribution < -0.4 is 5.73 Å². The normalized spacial score (nSPS) is 22.7. The third kappa shape index (κ3) is 2.99. The Hall–Kier alpha value is -0.610. The number of carbonyl (C=O) groups excluding carboxylic acids is 1. The van der Waals surface area contributed by atoms with Crippen LogP contribution in [0.1, 0.15) is 45.4 Å². The molecule has 0 spiro atoms. The van der Waals surface area contributed by atoms with Crippen LogP contribution in [-0.2, 0) is 9.53 Å². The van der Waals surface area contributed by atoms with E-state index in [1.165, 1.54) is 12.8 Å². The second-order valence-electron chi connectivity index (χ2n) is 5.29. The van der Waals surface area contributed by atoms with Crippen molar-refractivity contribution in [3.8, 4) is 0 Å². The third-order valence-electron chi connectivity index (χ3n) is 4.04. The molecule has 2 N–H and O–H groups in total. The fourth-order valence-corrected chi connectivity index (χ4v) is 2.75. The van der Waals surface area contributed by atoms with Crippen molar-refractivity contribution in [2.75, 3.05) is 19.7 Å². The standard InChI is InChI=1S/C13H24N2O2/c1-2-15(11-5-6-11)12(16)9-17-13(10-14)7-3-4-8-13/h11H,2-10,14H2,1H3. The molecular weight excluding hydrogens is 216 g/mol. The minimum Gasteiger partial charge on any atom is -0.364 e. The van der Waals surface area contributed by atoms with Gasteiger partial charge >= 0.3 is 0 Å². The minimum absolute atomic E-state index is 0.134. The summed E-state index contributed by atoms with van der Waals surface area (Å²) in [5.41, 5.74) is 5.58. The molecule has 98 valence electrons. The van der Waals surface area contributed by atoms with Gasteiger partial charge in [-0.05, 0) is 32.6 Å². The summed E-state index contributed by atoms with van der Waals surface area (Å²) in [4.78, 5) is 14.0. The fraction of sp³-hybridized carbons (Fsp3) is 0.923. The highest BCUT2D eigenvalue weighted by molar-refractivity contribution is 5.78. The molecule has 2 rings (SSSR count). The number of hydrogen-bond acceptors (Lipinski definition) is 3. The summed E-state index contributed by atoms with van der Waals surface area (Å²) in [5, 5.41) is 0. The number of carbonyl (C=O) groups is 1. The van der Waals surface area contributed by atoms with Gasteiger partial charge < -0.3 is 15.4 Å². The number of nitrogens with two attached hydrogens (primary N) is 1. The van der Waals surface area contributed by atoms with Gasteiger partial charge in [-0.3, -0.25) is 4.79 Å². The SMILES string of the molecule is CCN(C(=O)COC1(CN)CCCC1)C1CC1. The van der Waals surface area contributed by atoms with Crippen molar-refractivity contribution >= 4 is 5.91 Å². The lowest BCUT2D eigenvalue weighted by Crippen LogP contribution is -2.43.